The first kappa shape index (κ1) is 15.6. The molecule has 2 aromatic rings. The number of nitrogens with zero attached hydrogens (tertiary/aromatic N) is 2. The highest BCUT2D eigenvalue weighted by molar-refractivity contribution is 14.1. The van der Waals surface area contributed by atoms with E-state index < -0.39 is 16.7 Å². The summed E-state index contributed by atoms with van der Waals surface area (Å²) in [6, 6.07) is 9.92. The van der Waals surface area contributed by atoms with Gasteiger partial charge in [-0.1, -0.05) is 11.3 Å². The van der Waals surface area contributed by atoms with Crippen molar-refractivity contribution in [3.05, 3.63) is 60.5 Å². The average Bonchev–Trinajstić information content (AvgIpc) is 3.09. The Morgan fingerprint density at radius 1 is 1.17 bits per heavy atom. The number of thiophene rings is 1. The summed E-state index contributed by atoms with van der Waals surface area (Å²) < 4.78 is 1.01. The van der Waals surface area contributed by atoms with E-state index in [1.807, 2.05) is 12.1 Å². The number of nitrogens with one attached hydrogen (secondary N) is 1. The highest BCUT2D eigenvalue weighted by Gasteiger charge is 2.34. The van der Waals surface area contributed by atoms with Gasteiger partial charge in [-0.15, -0.1) is 0 Å². The minimum atomic E-state index is -0.537. The molecule has 0 spiro atoms. The van der Waals surface area contributed by atoms with Crippen molar-refractivity contribution in [3.8, 4) is 0 Å². The zero-order chi connectivity index (χ0) is 16.6. The van der Waals surface area contributed by atoms with Gasteiger partial charge in [-0.3, -0.25) is 25.1 Å². The van der Waals surface area contributed by atoms with Crippen molar-refractivity contribution in [2.24, 2.45) is 0 Å². The molecule has 9 heteroatoms. The van der Waals surface area contributed by atoms with Gasteiger partial charge in [-0.25, -0.2) is 5.01 Å². The molecule has 1 aromatic carbocycles. The largest absolute Gasteiger partial charge is 0.324 e. The van der Waals surface area contributed by atoms with E-state index in [1.54, 1.807) is 12.1 Å². The van der Waals surface area contributed by atoms with Crippen LogP contribution in [0.5, 0.6) is 0 Å². The predicted molar refractivity (Wildman–Crippen MR) is 93.7 cm³/mol. The van der Waals surface area contributed by atoms with Crippen LogP contribution in [0.25, 0.3) is 6.08 Å². The van der Waals surface area contributed by atoms with Gasteiger partial charge in [-0.2, -0.15) is 0 Å². The predicted octanol–water partition coefficient (Wildman–Crippen LogP) is 2.72. The topological polar surface area (TPSA) is 92.6 Å². The van der Waals surface area contributed by atoms with Crippen LogP contribution in [-0.2, 0) is 9.59 Å². The lowest BCUT2D eigenvalue weighted by atomic mass is 10.2. The average molecular weight is 441 g/mol. The van der Waals surface area contributed by atoms with Crippen molar-refractivity contribution in [2.45, 2.75) is 0 Å². The van der Waals surface area contributed by atoms with Crippen LogP contribution in [0.4, 0.5) is 10.7 Å². The van der Waals surface area contributed by atoms with Gasteiger partial charge in [0.05, 0.1) is 10.6 Å². The Kier molecular flexibility index (Phi) is 4.13. The van der Waals surface area contributed by atoms with E-state index in [4.69, 9.17) is 0 Å². The van der Waals surface area contributed by atoms with Crippen LogP contribution in [0.3, 0.4) is 0 Å². The van der Waals surface area contributed by atoms with E-state index in [1.165, 1.54) is 18.2 Å². The van der Waals surface area contributed by atoms with Gasteiger partial charge in [0.1, 0.15) is 5.57 Å². The van der Waals surface area contributed by atoms with Crippen LogP contribution >= 0.6 is 33.9 Å². The maximum atomic E-state index is 12.4. The van der Waals surface area contributed by atoms with Gasteiger partial charge in [0.25, 0.3) is 11.8 Å². The molecule has 3 rings (SSSR count). The van der Waals surface area contributed by atoms with Crippen LogP contribution < -0.4 is 10.4 Å². The molecular formula is C14H8IN3O4S. The molecule has 23 heavy (non-hydrogen) atoms. The highest BCUT2D eigenvalue weighted by atomic mass is 127. The zero-order valence-corrected chi connectivity index (χ0v) is 14.3. The normalized spacial score (nSPS) is 16.0. The quantitative estimate of drug-likeness (QED) is 0.261. The van der Waals surface area contributed by atoms with E-state index in [2.05, 4.69) is 28.0 Å². The molecule has 0 saturated carbocycles. The molecule has 0 atom stereocenters. The number of benzene rings is 1. The van der Waals surface area contributed by atoms with Crippen LogP contribution in [0.2, 0.25) is 0 Å². The summed E-state index contributed by atoms with van der Waals surface area (Å²) in [5, 5.41) is 11.8. The fourth-order valence-corrected chi connectivity index (χ4v) is 3.11. The number of carbonyl (C=O) groups is 2. The number of halogens is 1. The van der Waals surface area contributed by atoms with Crippen molar-refractivity contribution in [2.75, 3.05) is 5.01 Å². The first-order valence-corrected chi connectivity index (χ1v) is 8.22. The second-order valence-corrected chi connectivity index (χ2v) is 6.89. The summed E-state index contributed by atoms with van der Waals surface area (Å²) in [6.07, 6.45) is 1.36. The molecule has 0 radical (unpaired) electrons. The minimum Gasteiger partial charge on any atom is -0.267 e. The molecule has 1 aromatic heterocycles. The van der Waals surface area contributed by atoms with Crippen molar-refractivity contribution in [3.63, 3.8) is 0 Å². The molecule has 1 saturated heterocycles. The first-order valence-electron chi connectivity index (χ1n) is 6.32. The summed E-state index contributed by atoms with van der Waals surface area (Å²) >= 11 is 3.04. The molecule has 1 N–H and O–H groups in total. The molecule has 0 unspecified atom stereocenters. The Morgan fingerprint density at radius 2 is 1.87 bits per heavy atom. The SMILES string of the molecule is O=C1NN(c2ccc(I)cc2)C(=O)/C1=C\c1ccc([N+](=O)[O-])s1. The van der Waals surface area contributed by atoms with Gasteiger partial charge in [-0.05, 0) is 59.0 Å². The molecule has 2 amide bonds. The van der Waals surface area contributed by atoms with E-state index in [0.29, 0.717) is 10.6 Å². The van der Waals surface area contributed by atoms with Crippen LogP contribution in [-0.4, -0.2) is 16.7 Å². The molecule has 7 nitrogen and oxygen atoms in total. The number of nitro groups is 1. The maximum absolute atomic E-state index is 12.4. The molecule has 1 aliphatic rings. The summed E-state index contributed by atoms with van der Waals surface area (Å²) in [5.41, 5.74) is 2.97. The number of amides is 2. The fourth-order valence-electron chi connectivity index (χ4n) is 1.99. The van der Waals surface area contributed by atoms with Crippen molar-refractivity contribution >= 4 is 62.5 Å². The molecule has 1 fully saturated rings. The second kappa shape index (κ2) is 6.08. The molecule has 1 aliphatic heterocycles. The summed E-state index contributed by atoms with van der Waals surface area (Å²) in [7, 11) is 0. The Morgan fingerprint density at radius 3 is 2.48 bits per heavy atom. The summed E-state index contributed by atoms with van der Waals surface area (Å²) in [5.74, 6) is -1.03. The maximum Gasteiger partial charge on any atom is 0.324 e. The Labute approximate surface area is 147 Å². The number of rotatable bonds is 3. The highest BCUT2D eigenvalue weighted by Crippen LogP contribution is 2.28. The molecule has 0 bridgehead atoms. The van der Waals surface area contributed by atoms with Crippen molar-refractivity contribution in [1.29, 1.82) is 0 Å². The Balaban J connectivity index is 1.90. The fraction of sp³-hybridized carbons (Fsp3) is 0. The number of carbonyl (C=O) groups excluding carboxylic acids is 2. The first-order chi connectivity index (χ1) is 11.0. The van der Waals surface area contributed by atoms with Gasteiger partial charge in [0.2, 0.25) is 0 Å². The summed E-state index contributed by atoms with van der Waals surface area (Å²) in [6.45, 7) is 0. The lowest BCUT2D eigenvalue weighted by Crippen LogP contribution is -2.35. The van der Waals surface area contributed by atoms with Crippen LogP contribution in [0.1, 0.15) is 4.88 Å². The minimum absolute atomic E-state index is 0.0443. The molecule has 2 heterocycles. The number of anilines is 1. The third-order valence-corrected chi connectivity index (χ3v) is 4.76. The Bertz CT molecular complexity index is 844. The van der Waals surface area contributed by atoms with E-state index >= 15 is 0 Å². The van der Waals surface area contributed by atoms with Crippen LogP contribution in [0, 0.1) is 13.7 Å². The number of hydrogen-bond donors (Lipinski definition) is 1. The van der Waals surface area contributed by atoms with Crippen molar-refractivity contribution in [1.82, 2.24) is 5.43 Å². The lowest BCUT2D eigenvalue weighted by Gasteiger charge is -2.14. The van der Waals surface area contributed by atoms with Gasteiger partial charge >= 0.3 is 5.00 Å². The van der Waals surface area contributed by atoms with Crippen molar-refractivity contribution < 1.29 is 14.5 Å². The zero-order valence-electron chi connectivity index (χ0n) is 11.4. The van der Waals surface area contributed by atoms with Crippen LogP contribution in [0.15, 0.2) is 42.0 Å². The van der Waals surface area contributed by atoms with E-state index in [9.17, 15) is 19.7 Å². The monoisotopic (exact) mass is 441 g/mol. The van der Waals surface area contributed by atoms with E-state index in [0.717, 1.165) is 19.9 Å². The molecular weight excluding hydrogens is 433 g/mol. The second-order valence-electron chi connectivity index (χ2n) is 4.55. The van der Waals surface area contributed by atoms with Gasteiger partial charge < -0.3 is 0 Å². The van der Waals surface area contributed by atoms with E-state index in [-0.39, 0.29) is 10.6 Å². The number of hydrazine groups is 1. The third-order valence-electron chi connectivity index (χ3n) is 3.06. The number of hydrogen-bond acceptors (Lipinski definition) is 5. The van der Waals surface area contributed by atoms with Gasteiger partial charge in [0.15, 0.2) is 0 Å². The molecule has 0 aliphatic carbocycles. The molecule has 116 valence electrons. The summed E-state index contributed by atoms with van der Waals surface area (Å²) in [4.78, 5) is 35.0. The smallest absolute Gasteiger partial charge is 0.267 e. The van der Waals surface area contributed by atoms with Gasteiger partial charge in [0, 0.05) is 14.5 Å². The standard InChI is InChI=1S/C14H8IN3O4S/c15-8-1-3-9(4-2-8)17-14(20)11(13(19)16-17)7-10-5-6-12(23-10)18(21)22/h1-7H,(H,16,19)/b11-7-. The Hall–Kier alpha value is -2.27. The lowest BCUT2D eigenvalue weighted by molar-refractivity contribution is -0.380. The third kappa shape index (κ3) is 3.10.